The van der Waals surface area contributed by atoms with Crippen molar-refractivity contribution in [1.29, 1.82) is 0 Å². The lowest BCUT2D eigenvalue weighted by Gasteiger charge is -2.32. The normalized spacial score (nSPS) is 19.3. The number of hydrogen-bond acceptors (Lipinski definition) is 3. The zero-order valence-corrected chi connectivity index (χ0v) is 8.77. The van der Waals surface area contributed by atoms with Crippen molar-refractivity contribution in [3.8, 4) is 0 Å². The standard InChI is InChI=1S/C8H17N5O2/c1-6(11-8(14)12-7(9)10)13-2-4-15-5-3-13/h6H,2-5H2,1H3,(H5,9,10,11,12,14). The van der Waals surface area contributed by atoms with Crippen LogP contribution in [0.15, 0.2) is 4.99 Å². The van der Waals surface area contributed by atoms with Crippen molar-refractivity contribution >= 4 is 12.0 Å². The van der Waals surface area contributed by atoms with Gasteiger partial charge in [0, 0.05) is 13.1 Å². The lowest BCUT2D eigenvalue weighted by Crippen LogP contribution is -2.50. The molecule has 7 nitrogen and oxygen atoms in total. The Morgan fingerprint density at radius 3 is 2.60 bits per heavy atom. The van der Waals surface area contributed by atoms with Gasteiger partial charge in [0.2, 0.25) is 0 Å². The Kier molecular flexibility index (Phi) is 4.32. The van der Waals surface area contributed by atoms with Crippen LogP contribution in [0.2, 0.25) is 0 Å². The van der Waals surface area contributed by atoms with Gasteiger partial charge in [-0.3, -0.25) is 4.90 Å². The molecule has 0 aromatic carbocycles. The van der Waals surface area contributed by atoms with E-state index in [1.54, 1.807) is 0 Å². The van der Waals surface area contributed by atoms with Crippen LogP contribution < -0.4 is 16.8 Å². The van der Waals surface area contributed by atoms with E-state index >= 15 is 0 Å². The highest BCUT2D eigenvalue weighted by atomic mass is 16.5. The van der Waals surface area contributed by atoms with Crippen molar-refractivity contribution in [2.45, 2.75) is 13.1 Å². The van der Waals surface area contributed by atoms with Crippen LogP contribution in [0.25, 0.3) is 0 Å². The number of nitrogens with one attached hydrogen (secondary N) is 1. The summed E-state index contributed by atoms with van der Waals surface area (Å²) < 4.78 is 5.20. The summed E-state index contributed by atoms with van der Waals surface area (Å²) in [6, 6.07) is -0.519. The van der Waals surface area contributed by atoms with Crippen molar-refractivity contribution < 1.29 is 9.53 Å². The number of rotatable bonds is 2. The van der Waals surface area contributed by atoms with Gasteiger partial charge in [0.15, 0.2) is 5.96 Å². The van der Waals surface area contributed by atoms with Gasteiger partial charge in [-0.1, -0.05) is 0 Å². The van der Waals surface area contributed by atoms with Crippen LogP contribution in [-0.2, 0) is 4.74 Å². The van der Waals surface area contributed by atoms with E-state index in [-0.39, 0.29) is 12.1 Å². The molecule has 15 heavy (non-hydrogen) atoms. The highest BCUT2D eigenvalue weighted by Crippen LogP contribution is 2.00. The first-order valence-corrected chi connectivity index (χ1v) is 4.81. The summed E-state index contributed by atoms with van der Waals surface area (Å²) in [7, 11) is 0. The summed E-state index contributed by atoms with van der Waals surface area (Å²) >= 11 is 0. The number of aliphatic imine (C=N–C) groups is 1. The molecule has 1 aliphatic rings. The fourth-order valence-electron chi connectivity index (χ4n) is 1.38. The average Bonchev–Trinajstić information content (AvgIpc) is 2.17. The number of guanidine groups is 1. The average molecular weight is 215 g/mol. The number of carbonyl (C=O) groups is 1. The fraction of sp³-hybridized carbons (Fsp3) is 0.750. The predicted octanol–water partition coefficient (Wildman–Crippen LogP) is -1.35. The Balaban J connectivity index is 2.36. The molecule has 0 radical (unpaired) electrons. The molecule has 0 saturated carbocycles. The second kappa shape index (κ2) is 5.52. The Labute approximate surface area is 88.4 Å². The SMILES string of the molecule is CC(NC(=O)N=C(N)N)N1CCOCC1. The number of urea groups is 1. The minimum atomic E-state index is -0.519. The maximum absolute atomic E-state index is 11.2. The molecule has 1 atom stereocenters. The van der Waals surface area contributed by atoms with Crippen molar-refractivity contribution in [1.82, 2.24) is 10.2 Å². The minimum absolute atomic E-state index is 0.0931. The number of nitrogens with two attached hydrogens (primary N) is 2. The molecule has 0 bridgehead atoms. The minimum Gasteiger partial charge on any atom is -0.379 e. The molecule has 1 rings (SSSR count). The summed E-state index contributed by atoms with van der Waals surface area (Å²) in [4.78, 5) is 16.7. The molecule has 5 N–H and O–H groups in total. The highest BCUT2D eigenvalue weighted by Gasteiger charge is 2.18. The van der Waals surface area contributed by atoms with E-state index in [2.05, 4.69) is 15.2 Å². The summed E-state index contributed by atoms with van der Waals surface area (Å²) in [5, 5.41) is 2.66. The third-order valence-corrected chi connectivity index (χ3v) is 2.16. The van der Waals surface area contributed by atoms with Gasteiger partial charge in [-0.05, 0) is 6.92 Å². The van der Waals surface area contributed by atoms with Crippen molar-refractivity contribution in [2.24, 2.45) is 16.5 Å². The summed E-state index contributed by atoms with van der Waals surface area (Å²) in [6.45, 7) is 4.84. The van der Waals surface area contributed by atoms with Crippen LogP contribution in [0.5, 0.6) is 0 Å². The summed E-state index contributed by atoms with van der Waals surface area (Å²) in [6.07, 6.45) is -0.0931. The quantitative estimate of drug-likeness (QED) is 0.390. The topological polar surface area (TPSA) is 106 Å². The van der Waals surface area contributed by atoms with Gasteiger partial charge >= 0.3 is 6.03 Å². The van der Waals surface area contributed by atoms with E-state index in [0.29, 0.717) is 13.2 Å². The second-order valence-electron chi connectivity index (χ2n) is 3.31. The molecule has 0 aliphatic carbocycles. The van der Waals surface area contributed by atoms with Crippen LogP contribution in [0.3, 0.4) is 0 Å². The molecule has 7 heteroatoms. The van der Waals surface area contributed by atoms with E-state index in [1.807, 2.05) is 6.92 Å². The first kappa shape index (κ1) is 11.7. The van der Waals surface area contributed by atoms with Crippen molar-refractivity contribution in [2.75, 3.05) is 26.3 Å². The van der Waals surface area contributed by atoms with Gasteiger partial charge in [-0.2, -0.15) is 4.99 Å². The largest absolute Gasteiger partial charge is 0.379 e. The van der Waals surface area contributed by atoms with Gasteiger partial charge in [0.05, 0.1) is 19.4 Å². The van der Waals surface area contributed by atoms with Gasteiger partial charge < -0.3 is 21.5 Å². The van der Waals surface area contributed by atoms with Crippen LogP contribution in [0.1, 0.15) is 6.92 Å². The highest BCUT2D eigenvalue weighted by molar-refractivity contribution is 5.90. The molecule has 0 spiro atoms. The number of carbonyl (C=O) groups excluding carboxylic acids is 1. The smallest absolute Gasteiger partial charge is 0.345 e. The number of morpholine rings is 1. The van der Waals surface area contributed by atoms with Crippen LogP contribution >= 0.6 is 0 Å². The Bertz CT molecular complexity index is 245. The van der Waals surface area contributed by atoms with Gasteiger partial charge in [-0.15, -0.1) is 0 Å². The molecule has 1 saturated heterocycles. The lowest BCUT2D eigenvalue weighted by molar-refractivity contribution is 0.0159. The monoisotopic (exact) mass is 215 g/mol. The molecular formula is C8H17N5O2. The maximum Gasteiger partial charge on any atom is 0.345 e. The summed E-state index contributed by atoms with van der Waals surface area (Å²) in [5.41, 5.74) is 10.2. The maximum atomic E-state index is 11.2. The van der Waals surface area contributed by atoms with E-state index in [9.17, 15) is 4.79 Å². The van der Waals surface area contributed by atoms with Crippen molar-refractivity contribution in [3.05, 3.63) is 0 Å². The molecule has 1 unspecified atom stereocenters. The molecule has 0 aromatic rings. The van der Waals surface area contributed by atoms with Crippen molar-refractivity contribution in [3.63, 3.8) is 0 Å². The molecule has 2 amide bonds. The number of nitrogens with zero attached hydrogens (tertiary/aromatic N) is 2. The molecular weight excluding hydrogens is 198 g/mol. The molecule has 1 heterocycles. The van der Waals surface area contributed by atoms with E-state index < -0.39 is 6.03 Å². The molecule has 86 valence electrons. The van der Waals surface area contributed by atoms with E-state index in [1.165, 1.54) is 0 Å². The lowest BCUT2D eigenvalue weighted by atomic mass is 10.4. The zero-order valence-electron chi connectivity index (χ0n) is 8.77. The van der Waals surface area contributed by atoms with Gasteiger partial charge in [0.1, 0.15) is 0 Å². The number of hydrogen-bond donors (Lipinski definition) is 3. The van der Waals surface area contributed by atoms with Gasteiger partial charge in [-0.25, -0.2) is 4.79 Å². The van der Waals surface area contributed by atoms with Gasteiger partial charge in [0.25, 0.3) is 0 Å². The van der Waals surface area contributed by atoms with E-state index in [0.717, 1.165) is 13.1 Å². The van der Waals surface area contributed by atoms with Crippen LogP contribution in [-0.4, -0.2) is 49.4 Å². The zero-order chi connectivity index (χ0) is 11.3. The van der Waals surface area contributed by atoms with Crippen LogP contribution in [0.4, 0.5) is 4.79 Å². The second-order valence-corrected chi connectivity index (χ2v) is 3.31. The molecule has 1 aliphatic heterocycles. The van der Waals surface area contributed by atoms with E-state index in [4.69, 9.17) is 16.2 Å². The number of ether oxygens (including phenoxy) is 1. The molecule has 0 aromatic heterocycles. The predicted molar refractivity (Wildman–Crippen MR) is 56.2 cm³/mol. The fourth-order valence-corrected chi connectivity index (χ4v) is 1.38. The third kappa shape index (κ3) is 4.13. The van der Waals surface area contributed by atoms with Crippen LogP contribution in [0, 0.1) is 0 Å². The number of amides is 2. The Morgan fingerprint density at radius 2 is 2.07 bits per heavy atom. The molecule has 1 fully saturated rings. The Morgan fingerprint density at radius 1 is 1.47 bits per heavy atom. The third-order valence-electron chi connectivity index (χ3n) is 2.16. The first-order valence-electron chi connectivity index (χ1n) is 4.81. The Hall–Kier alpha value is -1.34. The first-order chi connectivity index (χ1) is 7.09. The summed E-state index contributed by atoms with van der Waals surface area (Å²) in [5.74, 6) is -0.235.